The third-order valence-electron chi connectivity index (χ3n) is 2.59. The number of morpholine rings is 1. The monoisotopic (exact) mass is 221 g/mol. The van der Waals surface area contributed by atoms with E-state index in [0.29, 0.717) is 5.56 Å². The van der Waals surface area contributed by atoms with E-state index in [2.05, 4.69) is 9.88 Å². The van der Waals surface area contributed by atoms with Crippen LogP contribution in [0.3, 0.4) is 0 Å². The average Bonchev–Trinajstić information content (AvgIpc) is 2.39. The van der Waals surface area contributed by atoms with Gasteiger partial charge in [-0.15, -0.1) is 0 Å². The molecule has 86 valence electrons. The third-order valence-corrected chi connectivity index (χ3v) is 2.59. The second kappa shape index (κ2) is 5.05. The molecule has 1 aromatic heterocycles. The molecule has 0 radical (unpaired) electrons. The molecule has 16 heavy (non-hydrogen) atoms. The van der Waals surface area contributed by atoms with Crippen LogP contribution in [0, 0.1) is 0 Å². The lowest BCUT2D eigenvalue weighted by molar-refractivity contribution is 0.100. The quantitative estimate of drug-likeness (QED) is 0.731. The van der Waals surface area contributed by atoms with Crippen molar-refractivity contribution in [3.63, 3.8) is 0 Å². The van der Waals surface area contributed by atoms with Gasteiger partial charge in [-0.2, -0.15) is 0 Å². The van der Waals surface area contributed by atoms with Crippen molar-refractivity contribution in [1.82, 2.24) is 4.98 Å². The number of anilines is 1. The van der Waals surface area contributed by atoms with E-state index < -0.39 is 0 Å². The van der Waals surface area contributed by atoms with Crippen LogP contribution < -0.4 is 10.6 Å². The van der Waals surface area contributed by atoms with Crippen LogP contribution in [0.1, 0.15) is 10.4 Å². The van der Waals surface area contributed by atoms with Crippen LogP contribution in [0.15, 0.2) is 18.3 Å². The molecule has 0 atom stereocenters. The van der Waals surface area contributed by atoms with Gasteiger partial charge in [-0.1, -0.05) is 0 Å². The summed E-state index contributed by atoms with van der Waals surface area (Å²) >= 11 is 0. The predicted molar refractivity (Wildman–Crippen MR) is 60.7 cm³/mol. The molecule has 5 nitrogen and oxygen atoms in total. The first kappa shape index (κ1) is 11.0. The SMILES string of the molecule is NCC(=O)c1ccc(N2CCOCC2)nc1. The minimum absolute atomic E-state index is 0.0264. The zero-order valence-electron chi connectivity index (χ0n) is 9.06. The molecule has 0 saturated carbocycles. The van der Waals surface area contributed by atoms with Crippen LogP contribution in [-0.4, -0.2) is 43.6 Å². The maximum absolute atomic E-state index is 11.3. The lowest BCUT2D eigenvalue weighted by Crippen LogP contribution is -2.36. The first-order chi connectivity index (χ1) is 7.81. The Kier molecular flexibility index (Phi) is 3.48. The van der Waals surface area contributed by atoms with E-state index in [-0.39, 0.29) is 12.3 Å². The summed E-state index contributed by atoms with van der Waals surface area (Å²) in [5, 5.41) is 0. The zero-order valence-corrected chi connectivity index (χ0v) is 9.06. The third kappa shape index (κ3) is 2.37. The number of rotatable bonds is 3. The molecule has 0 aliphatic carbocycles. The Balaban J connectivity index is 2.09. The van der Waals surface area contributed by atoms with Crippen molar-refractivity contribution in [3.8, 4) is 0 Å². The number of carbonyl (C=O) groups is 1. The van der Waals surface area contributed by atoms with Crippen LogP contribution in [0.25, 0.3) is 0 Å². The summed E-state index contributed by atoms with van der Waals surface area (Å²) in [6.45, 7) is 3.17. The van der Waals surface area contributed by atoms with Crippen molar-refractivity contribution in [2.75, 3.05) is 37.7 Å². The molecular weight excluding hydrogens is 206 g/mol. The molecule has 1 aliphatic rings. The molecule has 1 aromatic rings. The van der Waals surface area contributed by atoms with Gasteiger partial charge in [0.1, 0.15) is 5.82 Å². The highest BCUT2D eigenvalue weighted by molar-refractivity contribution is 5.97. The van der Waals surface area contributed by atoms with Crippen LogP contribution in [0.2, 0.25) is 0 Å². The number of aromatic nitrogens is 1. The van der Waals surface area contributed by atoms with E-state index >= 15 is 0 Å². The number of ketones is 1. The molecule has 0 aromatic carbocycles. The second-order valence-electron chi connectivity index (χ2n) is 3.63. The van der Waals surface area contributed by atoms with Crippen molar-refractivity contribution in [2.24, 2.45) is 5.73 Å². The largest absolute Gasteiger partial charge is 0.378 e. The van der Waals surface area contributed by atoms with E-state index in [1.807, 2.05) is 6.07 Å². The first-order valence-corrected chi connectivity index (χ1v) is 5.33. The lowest BCUT2D eigenvalue weighted by atomic mass is 10.2. The fraction of sp³-hybridized carbons (Fsp3) is 0.455. The molecule has 1 aliphatic heterocycles. The topological polar surface area (TPSA) is 68.5 Å². The number of nitrogens with two attached hydrogens (primary N) is 1. The Morgan fingerprint density at radius 3 is 2.75 bits per heavy atom. The molecule has 1 saturated heterocycles. The molecule has 1 fully saturated rings. The second-order valence-corrected chi connectivity index (χ2v) is 3.63. The van der Waals surface area contributed by atoms with E-state index in [1.54, 1.807) is 12.3 Å². The van der Waals surface area contributed by atoms with E-state index in [9.17, 15) is 4.79 Å². The normalized spacial score (nSPS) is 16.2. The van der Waals surface area contributed by atoms with Gasteiger partial charge in [-0.3, -0.25) is 4.79 Å². The van der Waals surface area contributed by atoms with E-state index in [0.717, 1.165) is 32.1 Å². The molecule has 0 bridgehead atoms. The first-order valence-electron chi connectivity index (χ1n) is 5.33. The van der Waals surface area contributed by atoms with Gasteiger partial charge in [-0.05, 0) is 12.1 Å². The summed E-state index contributed by atoms with van der Waals surface area (Å²) in [5.74, 6) is 0.804. The fourth-order valence-corrected chi connectivity index (χ4v) is 1.65. The summed E-state index contributed by atoms with van der Waals surface area (Å²) in [6.07, 6.45) is 1.58. The minimum Gasteiger partial charge on any atom is -0.378 e. The maximum atomic E-state index is 11.3. The highest BCUT2D eigenvalue weighted by atomic mass is 16.5. The number of Topliss-reactive ketones (excluding diaryl/α,β-unsaturated/α-hetero) is 1. The van der Waals surface area contributed by atoms with Crippen LogP contribution in [-0.2, 0) is 4.74 Å². The lowest BCUT2D eigenvalue weighted by Gasteiger charge is -2.27. The molecule has 0 unspecified atom stereocenters. The van der Waals surface area contributed by atoms with Gasteiger partial charge in [0.05, 0.1) is 19.8 Å². The van der Waals surface area contributed by atoms with Crippen molar-refractivity contribution in [1.29, 1.82) is 0 Å². The van der Waals surface area contributed by atoms with Gasteiger partial charge in [0, 0.05) is 24.8 Å². The molecule has 2 rings (SSSR count). The number of hydrogen-bond donors (Lipinski definition) is 1. The molecule has 2 N–H and O–H groups in total. The van der Waals surface area contributed by atoms with Gasteiger partial charge < -0.3 is 15.4 Å². The molecule has 5 heteroatoms. The number of hydrogen-bond acceptors (Lipinski definition) is 5. The molecule has 0 spiro atoms. The Labute approximate surface area is 94.2 Å². The standard InChI is InChI=1S/C11H15N3O2/c12-7-10(15)9-1-2-11(13-8-9)14-3-5-16-6-4-14/h1-2,8H,3-7,12H2. The highest BCUT2D eigenvalue weighted by Gasteiger charge is 2.12. The van der Waals surface area contributed by atoms with Gasteiger partial charge >= 0.3 is 0 Å². The predicted octanol–water partition coefficient (Wildman–Crippen LogP) is 0.0596. The zero-order chi connectivity index (χ0) is 11.4. The molecule has 0 amide bonds. The van der Waals surface area contributed by atoms with Crippen molar-refractivity contribution in [3.05, 3.63) is 23.9 Å². The Bertz CT molecular complexity index is 358. The molecule has 2 heterocycles. The highest BCUT2D eigenvalue weighted by Crippen LogP contribution is 2.12. The van der Waals surface area contributed by atoms with Gasteiger partial charge in [0.25, 0.3) is 0 Å². The smallest absolute Gasteiger partial charge is 0.177 e. The maximum Gasteiger partial charge on any atom is 0.177 e. The van der Waals surface area contributed by atoms with E-state index in [4.69, 9.17) is 10.5 Å². The van der Waals surface area contributed by atoms with E-state index in [1.165, 1.54) is 0 Å². The average molecular weight is 221 g/mol. The van der Waals surface area contributed by atoms with Crippen molar-refractivity contribution < 1.29 is 9.53 Å². The summed E-state index contributed by atoms with van der Waals surface area (Å²) < 4.78 is 5.26. The Morgan fingerprint density at radius 1 is 1.44 bits per heavy atom. The molecular formula is C11H15N3O2. The summed E-state index contributed by atoms with van der Waals surface area (Å²) in [7, 11) is 0. The Hall–Kier alpha value is -1.46. The number of nitrogens with zero attached hydrogens (tertiary/aromatic N) is 2. The summed E-state index contributed by atoms with van der Waals surface area (Å²) in [5.41, 5.74) is 5.85. The fourth-order valence-electron chi connectivity index (χ4n) is 1.65. The number of carbonyl (C=O) groups excluding carboxylic acids is 1. The summed E-state index contributed by atoms with van der Waals surface area (Å²) in [6, 6.07) is 3.63. The summed E-state index contributed by atoms with van der Waals surface area (Å²) in [4.78, 5) is 17.7. The van der Waals surface area contributed by atoms with Crippen molar-refractivity contribution in [2.45, 2.75) is 0 Å². The number of pyridine rings is 1. The number of ether oxygens (including phenoxy) is 1. The van der Waals surface area contributed by atoms with Crippen LogP contribution >= 0.6 is 0 Å². The van der Waals surface area contributed by atoms with Gasteiger partial charge in [-0.25, -0.2) is 4.98 Å². The van der Waals surface area contributed by atoms with Crippen LogP contribution in [0.5, 0.6) is 0 Å². The van der Waals surface area contributed by atoms with Gasteiger partial charge in [0.15, 0.2) is 5.78 Å². The Morgan fingerprint density at radius 2 is 2.19 bits per heavy atom. The van der Waals surface area contributed by atoms with Crippen molar-refractivity contribution >= 4 is 11.6 Å². The van der Waals surface area contributed by atoms with Crippen LogP contribution in [0.4, 0.5) is 5.82 Å². The van der Waals surface area contributed by atoms with Gasteiger partial charge in [0.2, 0.25) is 0 Å². The minimum atomic E-state index is -0.0824.